The summed E-state index contributed by atoms with van der Waals surface area (Å²) in [6, 6.07) is 0.362. The molecule has 0 aromatic carbocycles. The van der Waals surface area contributed by atoms with E-state index in [2.05, 4.69) is 32.7 Å². The van der Waals surface area contributed by atoms with E-state index in [0.717, 1.165) is 57.0 Å². The number of ether oxygens (including phenoxy) is 2. The van der Waals surface area contributed by atoms with Crippen LogP contribution in [0.2, 0.25) is 0 Å². The van der Waals surface area contributed by atoms with Gasteiger partial charge in [0.1, 0.15) is 6.61 Å². The second-order valence-electron chi connectivity index (χ2n) is 7.35. The molecular weight excluding hydrogens is 386 g/mol. The van der Waals surface area contributed by atoms with Crippen LogP contribution in [0.15, 0.2) is 4.52 Å². The van der Waals surface area contributed by atoms with Gasteiger partial charge in [-0.3, -0.25) is 9.69 Å². The van der Waals surface area contributed by atoms with Crippen molar-refractivity contribution < 1.29 is 18.8 Å². The smallest absolute Gasteiger partial charge is 0.246 e. The molecule has 1 saturated carbocycles. The number of hydrogen-bond donors (Lipinski definition) is 2. The number of carbonyl (C=O) groups is 1. The first-order valence-electron chi connectivity index (χ1n) is 9.78. The van der Waals surface area contributed by atoms with E-state index >= 15 is 0 Å². The van der Waals surface area contributed by atoms with Crippen molar-refractivity contribution >= 4 is 18.3 Å². The third kappa shape index (κ3) is 6.38. The third-order valence-corrected chi connectivity index (χ3v) is 5.37. The van der Waals surface area contributed by atoms with Crippen LogP contribution in [0.5, 0.6) is 0 Å². The predicted octanol–water partition coefficient (Wildman–Crippen LogP) is 0.873. The Morgan fingerprint density at radius 1 is 1.32 bits per heavy atom. The molecule has 2 fully saturated rings. The van der Waals surface area contributed by atoms with E-state index in [4.69, 9.17) is 14.0 Å². The molecule has 0 bridgehead atoms. The Labute approximate surface area is 172 Å². The molecule has 1 saturated heterocycles. The number of carbonyl (C=O) groups excluding carboxylic acids is 1. The average molecular weight is 418 g/mol. The standard InChI is InChI=1S/C18H31N5O4.ClH/c1-23-8-7-19-11-15(23)17-21-18(27-22-17)13-3-5-14(6-4-13)20-16(24)12-26-10-9-25-2;/h13-15,19H,3-12H2,1-2H3,(H,20,24);1H. The lowest BCUT2D eigenvalue weighted by atomic mass is 9.86. The summed E-state index contributed by atoms with van der Waals surface area (Å²) >= 11 is 0. The highest BCUT2D eigenvalue weighted by Gasteiger charge is 2.30. The molecule has 10 heteroatoms. The van der Waals surface area contributed by atoms with Crippen LogP contribution in [0.3, 0.4) is 0 Å². The number of nitrogens with one attached hydrogen (secondary N) is 2. The molecule has 1 aromatic rings. The van der Waals surface area contributed by atoms with E-state index in [1.54, 1.807) is 7.11 Å². The van der Waals surface area contributed by atoms with Crippen molar-refractivity contribution in [2.24, 2.45) is 0 Å². The Morgan fingerprint density at radius 3 is 2.82 bits per heavy atom. The first kappa shape index (κ1) is 23.0. The van der Waals surface area contributed by atoms with Gasteiger partial charge in [-0.2, -0.15) is 4.98 Å². The number of piperazine rings is 1. The number of hydrogen-bond acceptors (Lipinski definition) is 8. The SMILES string of the molecule is COCCOCC(=O)NC1CCC(c2nc(C3CNCCN3C)no2)CC1.Cl. The lowest BCUT2D eigenvalue weighted by Crippen LogP contribution is -2.44. The Morgan fingerprint density at radius 2 is 2.11 bits per heavy atom. The van der Waals surface area contributed by atoms with Gasteiger partial charge >= 0.3 is 0 Å². The topological polar surface area (TPSA) is 102 Å². The van der Waals surface area contributed by atoms with Crippen LogP contribution in [0.1, 0.15) is 49.4 Å². The summed E-state index contributed by atoms with van der Waals surface area (Å²) in [5, 5.41) is 10.6. The Kier molecular flexibility index (Phi) is 9.60. The van der Waals surface area contributed by atoms with Gasteiger partial charge in [-0.15, -0.1) is 12.4 Å². The summed E-state index contributed by atoms with van der Waals surface area (Å²) in [6.07, 6.45) is 3.71. The number of nitrogens with zero attached hydrogens (tertiary/aromatic N) is 3. The van der Waals surface area contributed by atoms with Crippen LogP contribution in [-0.4, -0.2) is 80.6 Å². The first-order chi connectivity index (χ1) is 13.2. The maximum Gasteiger partial charge on any atom is 0.246 e. The molecule has 1 aromatic heterocycles. The third-order valence-electron chi connectivity index (χ3n) is 5.37. The van der Waals surface area contributed by atoms with E-state index in [9.17, 15) is 4.79 Å². The van der Waals surface area contributed by atoms with Crippen molar-refractivity contribution in [1.82, 2.24) is 25.7 Å². The Bertz CT molecular complexity index is 594. The molecule has 2 aliphatic rings. The van der Waals surface area contributed by atoms with Crippen molar-refractivity contribution in [3.8, 4) is 0 Å². The normalized spacial score (nSPS) is 25.9. The van der Waals surface area contributed by atoms with E-state index < -0.39 is 0 Å². The summed E-state index contributed by atoms with van der Waals surface area (Å²) in [5.41, 5.74) is 0. The lowest BCUT2D eigenvalue weighted by Gasteiger charge is -2.30. The molecule has 1 atom stereocenters. The van der Waals surface area contributed by atoms with Gasteiger partial charge in [0.15, 0.2) is 5.82 Å². The number of halogens is 1. The molecule has 0 spiro atoms. The first-order valence-corrected chi connectivity index (χ1v) is 9.78. The van der Waals surface area contributed by atoms with Gasteiger partial charge in [-0.05, 0) is 32.7 Å². The largest absolute Gasteiger partial charge is 0.382 e. The molecule has 1 aliphatic carbocycles. The molecule has 1 amide bonds. The highest BCUT2D eigenvalue weighted by Crippen LogP contribution is 2.32. The molecular formula is C18H32ClN5O4. The average Bonchev–Trinajstić information content (AvgIpc) is 3.16. The van der Waals surface area contributed by atoms with E-state index in [1.807, 2.05) is 0 Å². The van der Waals surface area contributed by atoms with Gasteiger partial charge in [0.2, 0.25) is 11.8 Å². The number of methoxy groups -OCH3 is 1. The summed E-state index contributed by atoms with van der Waals surface area (Å²) in [5.74, 6) is 1.71. The maximum atomic E-state index is 11.9. The van der Waals surface area contributed by atoms with Gasteiger partial charge in [0.25, 0.3) is 0 Å². The number of rotatable bonds is 8. The van der Waals surface area contributed by atoms with Gasteiger partial charge < -0.3 is 24.6 Å². The van der Waals surface area contributed by atoms with Crippen LogP contribution < -0.4 is 10.6 Å². The second-order valence-corrected chi connectivity index (χ2v) is 7.35. The summed E-state index contributed by atoms with van der Waals surface area (Å²) in [4.78, 5) is 18.8. The molecule has 1 aliphatic heterocycles. The lowest BCUT2D eigenvalue weighted by molar-refractivity contribution is -0.127. The maximum absolute atomic E-state index is 11.9. The predicted molar refractivity (Wildman–Crippen MR) is 106 cm³/mol. The van der Waals surface area contributed by atoms with Crippen molar-refractivity contribution in [3.63, 3.8) is 0 Å². The second kappa shape index (κ2) is 11.7. The minimum Gasteiger partial charge on any atom is -0.382 e. The summed E-state index contributed by atoms with van der Waals surface area (Å²) < 4.78 is 15.7. The van der Waals surface area contributed by atoms with Crippen molar-refractivity contribution in [3.05, 3.63) is 11.7 Å². The van der Waals surface area contributed by atoms with Gasteiger partial charge in [0, 0.05) is 38.7 Å². The van der Waals surface area contributed by atoms with Gasteiger partial charge in [-0.25, -0.2) is 0 Å². The zero-order valence-corrected chi connectivity index (χ0v) is 17.5. The minimum atomic E-state index is -0.0672. The zero-order valence-electron chi connectivity index (χ0n) is 16.7. The summed E-state index contributed by atoms with van der Waals surface area (Å²) in [6.45, 7) is 3.83. The summed E-state index contributed by atoms with van der Waals surface area (Å²) in [7, 11) is 3.70. The van der Waals surface area contributed by atoms with Crippen LogP contribution in [0.4, 0.5) is 0 Å². The molecule has 9 nitrogen and oxygen atoms in total. The van der Waals surface area contributed by atoms with E-state index in [1.165, 1.54) is 0 Å². The number of aromatic nitrogens is 2. The number of amides is 1. The number of likely N-dealkylation sites (N-methyl/N-ethyl adjacent to an activating group) is 1. The van der Waals surface area contributed by atoms with Crippen LogP contribution in [0.25, 0.3) is 0 Å². The quantitative estimate of drug-likeness (QED) is 0.601. The monoisotopic (exact) mass is 417 g/mol. The molecule has 2 heterocycles. The van der Waals surface area contributed by atoms with Crippen LogP contribution >= 0.6 is 12.4 Å². The fourth-order valence-electron chi connectivity index (χ4n) is 3.70. The van der Waals surface area contributed by atoms with Crippen LogP contribution in [-0.2, 0) is 14.3 Å². The molecule has 160 valence electrons. The van der Waals surface area contributed by atoms with E-state index in [-0.39, 0.29) is 42.9 Å². The van der Waals surface area contributed by atoms with Crippen molar-refractivity contribution in [1.29, 1.82) is 0 Å². The van der Waals surface area contributed by atoms with Gasteiger partial charge in [-0.1, -0.05) is 5.16 Å². The highest BCUT2D eigenvalue weighted by atomic mass is 35.5. The minimum absolute atomic E-state index is 0. The molecule has 28 heavy (non-hydrogen) atoms. The molecule has 0 radical (unpaired) electrons. The van der Waals surface area contributed by atoms with E-state index in [0.29, 0.717) is 13.2 Å². The van der Waals surface area contributed by atoms with Crippen LogP contribution in [0, 0.1) is 0 Å². The Balaban J connectivity index is 0.00000280. The molecule has 3 rings (SSSR count). The fourth-order valence-corrected chi connectivity index (χ4v) is 3.70. The highest BCUT2D eigenvalue weighted by molar-refractivity contribution is 5.85. The Hall–Kier alpha value is -1.26. The molecule has 2 N–H and O–H groups in total. The molecule has 1 unspecified atom stereocenters. The van der Waals surface area contributed by atoms with Crippen molar-refractivity contribution in [2.75, 3.05) is 53.6 Å². The zero-order chi connectivity index (χ0) is 19.1. The van der Waals surface area contributed by atoms with Gasteiger partial charge in [0.05, 0.1) is 19.3 Å². The van der Waals surface area contributed by atoms with Crippen molar-refractivity contribution in [2.45, 2.75) is 43.7 Å². The fraction of sp³-hybridized carbons (Fsp3) is 0.833.